The Hall–Kier alpha value is -2.25. The fourth-order valence-corrected chi connectivity index (χ4v) is 4.65. The highest BCUT2D eigenvalue weighted by Crippen LogP contribution is 2.43. The van der Waals surface area contributed by atoms with Crippen molar-refractivity contribution in [2.24, 2.45) is 0 Å². The Morgan fingerprint density at radius 2 is 1.84 bits per heavy atom. The molecule has 1 aliphatic rings. The Morgan fingerprint density at radius 1 is 1.13 bits per heavy atom. The first kappa shape index (κ1) is 22.0. The Bertz CT molecular complexity index is 1040. The van der Waals surface area contributed by atoms with Crippen LogP contribution in [0.5, 0.6) is 5.75 Å². The molecule has 0 unspecified atom stereocenters. The van der Waals surface area contributed by atoms with E-state index in [0.717, 1.165) is 44.3 Å². The first-order valence-corrected chi connectivity index (χ1v) is 11.1. The Morgan fingerprint density at radius 3 is 2.52 bits per heavy atom. The molecule has 0 bridgehead atoms. The van der Waals surface area contributed by atoms with E-state index in [-0.39, 0.29) is 22.4 Å². The van der Waals surface area contributed by atoms with Gasteiger partial charge in [-0.3, -0.25) is 4.40 Å². The lowest BCUT2D eigenvalue weighted by Crippen LogP contribution is -2.15. The molecular weight excluding hydrogens is 422 g/mol. The average Bonchev–Trinajstić information content (AvgIpc) is 3.19. The second kappa shape index (κ2) is 9.49. The van der Waals surface area contributed by atoms with Crippen molar-refractivity contribution in [3.8, 4) is 16.9 Å². The molecule has 0 aliphatic heterocycles. The lowest BCUT2D eigenvalue weighted by Gasteiger charge is -2.26. The third-order valence-corrected chi connectivity index (χ3v) is 6.09. The zero-order chi connectivity index (χ0) is 22.0. The molecule has 0 atom stereocenters. The minimum atomic E-state index is -0.706. The van der Waals surface area contributed by atoms with Gasteiger partial charge in [0, 0.05) is 48.2 Å². The SMILES string of the molecule is CN(C)CCCOc1cc(F)c(-c2c(Cl)nc3nccn3c2C2CCCCC2)c(F)c1. The third-order valence-electron chi connectivity index (χ3n) is 5.82. The summed E-state index contributed by atoms with van der Waals surface area (Å²) in [5.41, 5.74) is 0.937. The van der Waals surface area contributed by atoms with Crippen molar-refractivity contribution in [1.29, 1.82) is 0 Å². The smallest absolute Gasteiger partial charge is 0.235 e. The number of halogens is 3. The lowest BCUT2D eigenvalue weighted by molar-refractivity contribution is 0.279. The molecule has 1 aliphatic carbocycles. The van der Waals surface area contributed by atoms with E-state index < -0.39 is 11.6 Å². The summed E-state index contributed by atoms with van der Waals surface area (Å²) in [7, 11) is 3.93. The number of aromatic nitrogens is 3. The fraction of sp³-hybridized carbons (Fsp3) is 0.478. The molecule has 31 heavy (non-hydrogen) atoms. The van der Waals surface area contributed by atoms with E-state index in [1.807, 2.05) is 23.4 Å². The Balaban J connectivity index is 1.75. The van der Waals surface area contributed by atoms with Gasteiger partial charge in [0.15, 0.2) is 0 Å². The summed E-state index contributed by atoms with van der Waals surface area (Å²) in [5, 5.41) is 0.0664. The van der Waals surface area contributed by atoms with Crippen LogP contribution in [0.2, 0.25) is 5.15 Å². The first-order chi connectivity index (χ1) is 15.0. The van der Waals surface area contributed by atoms with Gasteiger partial charge in [-0.05, 0) is 33.4 Å². The van der Waals surface area contributed by atoms with Crippen molar-refractivity contribution in [3.63, 3.8) is 0 Å². The zero-order valence-corrected chi connectivity index (χ0v) is 18.6. The molecule has 0 spiro atoms. The monoisotopic (exact) mass is 448 g/mol. The van der Waals surface area contributed by atoms with E-state index in [4.69, 9.17) is 16.3 Å². The summed E-state index contributed by atoms with van der Waals surface area (Å²) in [6.07, 6.45) is 9.37. The molecule has 1 fully saturated rings. The molecule has 1 aromatic carbocycles. The van der Waals surface area contributed by atoms with Gasteiger partial charge in [-0.1, -0.05) is 30.9 Å². The molecule has 166 valence electrons. The van der Waals surface area contributed by atoms with Crippen molar-refractivity contribution < 1.29 is 13.5 Å². The standard InChI is InChI=1S/C23H27ClF2N4O/c1-29(2)10-6-12-31-16-13-17(25)19(18(26)14-16)20-21(15-7-4-3-5-8-15)30-11-9-27-23(30)28-22(20)24/h9,11,13-15H,3-8,10,12H2,1-2H3. The second-order valence-electron chi connectivity index (χ2n) is 8.36. The molecule has 4 rings (SSSR count). The van der Waals surface area contributed by atoms with E-state index >= 15 is 8.78 Å². The quantitative estimate of drug-likeness (QED) is 0.343. The molecule has 1 saturated carbocycles. The number of benzene rings is 1. The number of ether oxygens (including phenoxy) is 1. The molecule has 0 saturated heterocycles. The summed E-state index contributed by atoms with van der Waals surface area (Å²) in [4.78, 5) is 10.6. The maximum absolute atomic E-state index is 15.2. The van der Waals surface area contributed by atoms with E-state index in [1.165, 1.54) is 18.6 Å². The van der Waals surface area contributed by atoms with Crippen molar-refractivity contribution >= 4 is 17.4 Å². The van der Waals surface area contributed by atoms with Crippen LogP contribution in [0.15, 0.2) is 24.5 Å². The van der Waals surface area contributed by atoms with E-state index in [1.54, 1.807) is 12.4 Å². The molecule has 5 nitrogen and oxygen atoms in total. The molecule has 0 radical (unpaired) electrons. The van der Waals surface area contributed by atoms with Crippen molar-refractivity contribution in [2.75, 3.05) is 27.2 Å². The van der Waals surface area contributed by atoms with Gasteiger partial charge in [0.2, 0.25) is 5.78 Å². The van der Waals surface area contributed by atoms with Crippen molar-refractivity contribution in [3.05, 3.63) is 47.0 Å². The molecule has 8 heteroatoms. The largest absolute Gasteiger partial charge is 0.493 e. The van der Waals surface area contributed by atoms with Crippen LogP contribution >= 0.6 is 11.6 Å². The predicted molar refractivity (Wildman–Crippen MR) is 118 cm³/mol. The normalized spacial score (nSPS) is 15.2. The maximum atomic E-state index is 15.2. The van der Waals surface area contributed by atoms with Crippen LogP contribution < -0.4 is 4.74 Å². The molecule has 0 N–H and O–H groups in total. The number of imidazole rings is 1. The number of rotatable bonds is 7. The van der Waals surface area contributed by atoms with Gasteiger partial charge in [-0.2, -0.15) is 4.98 Å². The molecule has 3 aromatic rings. The number of hydrogen-bond donors (Lipinski definition) is 0. The molecule has 2 aromatic heterocycles. The van der Waals surface area contributed by atoms with Gasteiger partial charge in [0.25, 0.3) is 0 Å². The Labute approximate surface area is 186 Å². The number of fused-ring (bicyclic) bond motifs is 1. The molecule has 0 amide bonds. The van der Waals surface area contributed by atoms with Crippen LogP contribution in [0, 0.1) is 11.6 Å². The predicted octanol–water partition coefficient (Wildman–Crippen LogP) is 5.71. The maximum Gasteiger partial charge on any atom is 0.235 e. The van der Waals surface area contributed by atoms with Gasteiger partial charge in [0.1, 0.15) is 22.5 Å². The topological polar surface area (TPSA) is 42.7 Å². The van der Waals surface area contributed by atoms with Gasteiger partial charge in [0.05, 0.1) is 12.2 Å². The highest BCUT2D eigenvalue weighted by atomic mass is 35.5. The highest BCUT2D eigenvalue weighted by molar-refractivity contribution is 6.32. The summed E-state index contributed by atoms with van der Waals surface area (Å²) in [6, 6.07) is 2.46. The zero-order valence-electron chi connectivity index (χ0n) is 17.9. The van der Waals surface area contributed by atoms with Crippen molar-refractivity contribution in [2.45, 2.75) is 44.4 Å². The first-order valence-electron chi connectivity index (χ1n) is 10.7. The second-order valence-corrected chi connectivity index (χ2v) is 8.72. The number of nitrogens with zero attached hydrogens (tertiary/aromatic N) is 4. The average molecular weight is 449 g/mol. The van der Waals surface area contributed by atoms with E-state index in [2.05, 4.69) is 9.97 Å². The summed E-state index contributed by atoms with van der Waals surface area (Å²) in [6.45, 7) is 1.22. The number of hydrogen-bond acceptors (Lipinski definition) is 4. The summed E-state index contributed by atoms with van der Waals surface area (Å²) >= 11 is 6.50. The van der Waals surface area contributed by atoms with Crippen LogP contribution in [0.4, 0.5) is 8.78 Å². The van der Waals surface area contributed by atoms with Crippen LogP contribution in [-0.4, -0.2) is 46.5 Å². The summed E-state index contributed by atoms with van der Waals surface area (Å²) in [5.74, 6) is -0.659. The minimum absolute atomic E-state index is 0.0664. The molecular formula is C23H27ClF2N4O. The summed E-state index contributed by atoms with van der Waals surface area (Å²) < 4.78 is 37.9. The van der Waals surface area contributed by atoms with Crippen molar-refractivity contribution in [1.82, 2.24) is 19.3 Å². The Kier molecular flexibility index (Phi) is 6.72. The fourth-order valence-electron chi connectivity index (χ4n) is 4.39. The van der Waals surface area contributed by atoms with Gasteiger partial charge < -0.3 is 9.64 Å². The minimum Gasteiger partial charge on any atom is -0.493 e. The molecule has 2 heterocycles. The lowest BCUT2D eigenvalue weighted by atomic mass is 9.84. The van der Waals surface area contributed by atoms with E-state index in [9.17, 15) is 0 Å². The van der Waals surface area contributed by atoms with Gasteiger partial charge in [-0.15, -0.1) is 0 Å². The van der Waals surface area contributed by atoms with Gasteiger partial charge >= 0.3 is 0 Å². The third kappa shape index (κ3) is 4.67. The van der Waals surface area contributed by atoms with Crippen LogP contribution in [0.25, 0.3) is 16.9 Å². The van der Waals surface area contributed by atoms with Crippen LogP contribution in [0.3, 0.4) is 0 Å². The highest BCUT2D eigenvalue weighted by Gasteiger charge is 2.28. The van der Waals surface area contributed by atoms with Crippen LogP contribution in [0.1, 0.15) is 50.1 Å². The van der Waals surface area contributed by atoms with E-state index in [0.29, 0.717) is 17.9 Å². The van der Waals surface area contributed by atoms with Crippen LogP contribution in [-0.2, 0) is 0 Å². The van der Waals surface area contributed by atoms with Gasteiger partial charge in [-0.25, -0.2) is 13.8 Å².